The molecule has 2 aliphatic rings. The molecule has 5 N–H and O–H groups in total. The van der Waals surface area contributed by atoms with Crippen molar-refractivity contribution in [3.8, 4) is 0 Å². The summed E-state index contributed by atoms with van der Waals surface area (Å²) in [5.41, 5.74) is 6.20. The van der Waals surface area contributed by atoms with Crippen molar-refractivity contribution in [3.05, 3.63) is 12.2 Å². The number of anilines is 1. The first-order valence-corrected chi connectivity index (χ1v) is 12.4. The maximum Gasteiger partial charge on any atom is 0.291 e. The number of aliphatic hydroxyl groups excluding tert-OH is 2. The number of carbonyl (C=O) groups excluding carboxylic acids is 2. The Hall–Kier alpha value is -2.92. The fraction of sp³-hybridized carbons (Fsp3) is 0.611. The van der Waals surface area contributed by atoms with Crippen LogP contribution in [0.3, 0.4) is 0 Å². The number of ether oxygens (including phenoxy) is 1. The van der Waals surface area contributed by atoms with Crippen LogP contribution in [-0.4, -0.2) is 116 Å². The van der Waals surface area contributed by atoms with Crippen molar-refractivity contribution < 1.29 is 33.0 Å². The Morgan fingerprint density at radius 3 is 2.50 bits per heavy atom. The molecule has 4 rings (SSSR count). The molecule has 0 bridgehead atoms. The summed E-state index contributed by atoms with van der Waals surface area (Å²) < 4.78 is 31.6. The second-order valence-electron chi connectivity index (χ2n) is 8.03. The predicted molar refractivity (Wildman–Crippen MR) is 117 cm³/mol. The molecule has 4 heterocycles. The third kappa shape index (κ3) is 4.29. The van der Waals surface area contributed by atoms with E-state index in [9.17, 15) is 28.2 Å². The zero-order valence-corrected chi connectivity index (χ0v) is 19.3. The molecule has 2 saturated heterocycles. The number of fused-ring (bicyclic) bond motifs is 1. The molecule has 2 aromatic rings. The van der Waals surface area contributed by atoms with E-state index in [2.05, 4.69) is 20.3 Å². The monoisotopic (exact) mass is 498 g/mol. The lowest BCUT2D eigenvalue weighted by Crippen LogP contribution is -2.50. The summed E-state index contributed by atoms with van der Waals surface area (Å²) in [5.74, 6) is -1.47. The molecule has 0 radical (unpaired) electrons. The normalized spacial score (nSPS) is 26.2. The van der Waals surface area contributed by atoms with E-state index in [1.807, 2.05) is 0 Å². The van der Waals surface area contributed by atoms with Crippen molar-refractivity contribution in [3.63, 3.8) is 0 Å². The fourth-order valence-electron chi connectivity index (χ4n) is 3.97. The molecular formula is C18H26N8O7S. The standard InChI is InChI=1S/C18H26N8O7S/c1-3-20-16(29)12-10(27)11(28)18(33-12)26-8-21-9-13(19)22-14(23-15(9)26)17(30)24-4-6-25(7-5-24)34(2,31)32/h8,10-12,18,27-28H,3-7H2,1-2H3,(H,20,29)(H2,19,22,23)/t10-,11?,12+,18-/m1/s1. The number of aliphatic hydroxyl groups is 2. The van der Waals surface area contributed by atoms with E-state index in [4.69, 9.17) is 10.5 Å². The second-order valence-corrected chi connectivity index (χ2v) is 10.0. The molecule has 2 amide bonds. The first-order chi connectivity index (χ1) is 16.0. The van der Waals surface area contributed by atoms with E-state index in [1.54, 1.807) is 6.92 Å². The van der Waals surface area contributed by atoms with Crippen LogP contribution in [0.25, 0.3) is 11.2 Å². The van der Waals surface area contributed by atoms with Gasteiger partial charge in [-0.15, -0.1) is 0 Å². The fourth-order valence-corrected chi connectivity index (χ4v) is 4.79. The lowest BCUT2D eigenvalue weighted by Gasteiger charge is -2.32. The molecule has 2 aromatic heterocycles. The lowest BCUT2D eigenvalue weighted by atomic mass is 10.1. The molecule has 2 fully saturated rings. The topological polar surface area (TPSA) is 206 Å². The van der Waals surface area contributed by atoms with Gasteiger partial charge in [-0.25, -0.2) is 23.4 Å². The smallest absolute Gasteiger partial charge is 0.291 e. The Bertz CT molecular complexity index is 1210. The van der Waals surface area contributed by atoms with Crippen LogP contribution in [0, 0.1) is 0 Å². The van der Waals surface area contributed by atoms with Gasteiger partial charge < -0.3 is 30.9 Å². The summed E-state index contributed by atoms with van der Waals surface area (Å²) in [5, 5.41) is 23.3. The highest BCUT2D eigenvalue weighted by molar-refractivity contribution is 7.88. The molecule has 0 spiro atoms. The van der Waals surface area contributed by atoms with E-state index in [0.29, 0.717) is 6.54 Å². The van der Waals surface area contributed by atoms with Crippen molar-refractivity contribution in [2.45, 2.75) is 31.5 Å². The first kappa shape index (κ1) is 24.2. The van der Waals surface area contributed by atoms with Gasteiger partial charge in [-0.05, 0) is 6.92 Å². The Kier molecular flexibility index (Phi) is 6.43. The van der Waals surface area contributed by atoms with Crippen LogP contribution in [0.1, 0.15) is 23.8 Å². The highest BCUT2D eigenvalue weighted by Gasteiger charge is 2.47. The van der Waals surface area contributed by atoms with Gasteiger partial charge in [-0.2, -0.15) is 4.31 Å². The molecular weight excluding hydrogens is 472 g/mol. The number of aromatic nitrogens is 4. The summed E-state index contributed by atoms with van der Waals surface area (Å²) in [6.45, 7) is 2.60. The molecule has 186 valence electrons. The van der Waals surface area contributed by atoms with E-state index < -0.39 is 46.4 Å². The molecule has 2 aliphatic heterocycles. The number of hydrogen-bond acceptors (Lipinski definition) is 11. The summed E-state index contributed by atoms with van der Waals surface area (Å²) >= 11 is 0. The van der Waals surface area contributed by atoms with Gasteiger partial charge in [-0.1, -0.05) is 0 Å². The van der Waals surface area contributed by atoms with E-state index >= 15 is 0 Å². The summed E-state index contributed by atoms with van der Waals surface area (Å²) in [6, 6.07) is 0. The number of hydrogen-bond donors (Lipinski definition) is 4. The van der Waals surface area contributed by atoms with E-state index in [1.165, 1.54) is 20.1 Å². The Morgan fingerprint density at radius 1 is 1.21 bits per heavy atom. The van der Waals surface area contributed by atoms with Crippen molar-refractivity contribution in [2.75, 3.05) is 44.7 Å². The van der Waals surface area contributed by atoms with Gasteiger partial charge in [0.1, 0.15) is 17.7 Å². The molecule has 0 aromatic carbocycles. The number of nitrogens with one attached hydrogen (secondary N) is 1. The largest absolute Gasteiger partial charge is 0.387 e. The number of rotatable bonds is 5. The molecule has 4 atom stereocenters. The molecule has 0 saturated carbocycles. The van der Waals surface area contributed by atoms with Crippen LogP contribution in [0.4, 0.5) is 5.82 Å². The third-order valence-electron chi connectivity index (χ3n) is 5.76. The summed E-state index contributed by atoms with van der Waals surface area (Å²) in [6.07, 6.45) is -3.15. The molecule has 16 heteroatoms. The van der Waals surface area contributed by atoms with Crippen LogP contribution >= 0.6 is 0 Å². The van der Waals surface area contributed by atoms with Gasteiger partial charge in [0.25, 0.3) is 11.8 Å². The molecule has 34 heavy (non-hydrogen) atoms. The highest BCUT2D eigenvalue weighted by Crippen LogP contribution is 2.32. The molecule has 0 aliphatic carbocycles. The zero-order valence-electron chi connectivity index (χ0n) is 18.5. The first-order valence-electron chi connectivity index (χ1n) is 10.6. The van der Waals surface area contributed by atoms with Crippen molar-refractivity contribution in [1.82, 2.24) is 34.0 Å². The SMILES string of the molecule is CCNC(=O)[C@H]1O[C@@H](n2cnc3c(N)nc(C(=O)N4CCN(S(C)(=O)=O)CC4)nc32)C(O)[C@H]1O. The number of amides is 2. The minimum absolute atomic E-state index is 0.0680. The van der Waals surface area contributed by atoms with Gasteiger partial charge >= 0.3 is 0 Å². The highest BCUT2D eigenvalue weighted by atomic mass is 32.2. The Balaban J connectivity index is 1.61. The maximum absolute atomic E-state index is 13.0. The van der Waals surface area contributed by atoms with Crippen molar-refractivity contribution >= 4 is 38.8 Å². The van der Waals surface area contributed by atoms with Crippen molar-refractivity contribution in [1.29, 1.82) is 0 Å². The van der Waals surface area contributed by atoms with Crippen molar-refractivity contribution in [2.24, 2.45) is 0 Å². The summed E-state index contributed by atoms with van der Waals surface area (Å²) in [7, 11) is -3.36. The Labute approximate surface area is 194 Å². The molecule has 1 unspecified atom stereocenters. The number of carbonyl (C=O) groups is 2. The maximum atomic E-state index is 13.0. The molecule has 15 nitrogen and oxygen atoms in total. The van der Waals surface area contributed by atoms with Gasteiger partial charge in [0.05, 0.1) is 12.6 Å². The minimum atomic E-state index is -3.36. The van der Waals surface area contributed by atoms with Crippen LogP contribution in [0.2, 0.25) is 0 Å². The van der Waals surface area contributed by atoms with E-state index in [-0.39, 0.29) is 49.0 Å². The number of imidazole rings is 1. The van der Waals surface area contributed by atoms with Gasteiger partial charge in [0, 0.05) is 32.7 Å². The van der Waals surface area contributed by atoms with Gasteiger partial charge in [-0.3, -0.25) is 14.2 Å². The van der Waals surface area contributed by atoms with E-state index in [0.717, 1.165) is 6.26 Å². The number of nitrogens with zero attached hydrogens (tertiary/aromatic N) is 6. The van der Waals surface area contributed by atoms with Crippen LogP contribution in [-0.2, 0) is 19.6 Å². The number of nitrogens with two attached hydrogens (primary N) is 1. The van der Waals surface area contributed by atoms with Crippen LogP contribution in [0.5, 0.6) is 0 Å². The van der Waals surface area contributed by atoms with Gasteiger partial charge in [0.15, 0.2) is 23.8 Å². The Morgan fingerprint density at radius 2 is 1.88 bits per heavy atom. The minimum Gasteiger partial charge on any atom is -0.387 e. The quantitative estimate of drug-likeness (QED) is 0.324. The average Bonchev–Trinajstić information content (AvgIpc) is 3.34. The third-order valence-corrected chi connectivity index (χ3v) is 7.06. The number of piperazine rings is 1. The number of sulfonamides is 1. The summed E-state index contributed by atoms with van der Waals surface area (Å²) in [4.78, 5) is 39.0. The lowest BCUT2D eigenvalue weighted by molar-refractivity contribution is -0.137. The van der Waals surface area contributed by atoms with Crippen LogP contribution < -0.4 is 11.1 Å². The number of nitrogen functional groups attached to an aromatic ring is 1. The van der Waals surface area contributed by atoms with Crippen LogP contribution in [0.15, 0.2) is 6.33 Å². The average molecular weight is 499 g/mol. The number of likely N-dealkylation sites (N-methyl/N-ethyl adjacent to an activating group) is 1. The predicted octanol–water partition coefficient (Wildman–Crippen LogP) is -3.12. The second kappa shape index (κ2) is 9.03. The van der Waals surface area contributed by atoms with Gasteiger partial charge in [0.2, 0.25) is 15.8 Å². The zero-order chi connectivity index (χ0) is 24.8.